The Hall–Kier alpha value is -2.33. The lowest BCUT2D eigenvalue weighted by atomic mass is 10.1. The van der Waals surface area contributed by atoms with Crippen LogP contribution in [0.3, 0.4) is 0 Å². The van der Waals surface area contributed by atoms with E-state index in [0.29, 0.717) is 5.56 Å². The molecule has 3 nitrogen and oxygen atoms in total. The quantitative estimate of drug-likeness (QED) is 0.683. The summed E-state index contributed by atoms with van der Waals surface area (Å²) in [4.78, 5) is 0. The van der Waals surface area contributed by atoms with Gasteiger partial charge in [-0.3, -0.25) is 4.68 Å². The van der Waals surface area contributed by atoms with Gasteiger partial charge < -0.3 is 5.11 Å². The van der Waals surface area contributed by atoms with Gasteiger partial charge in [0.2, 0.25) is 0 Å². The van der Waals surface area contributed by atoms with Crippen LogP contribution in [0.1, 0.15) is 16.8 Å². The van der Waals surface area contributed by atoms with E-state index in [4.69, 9.17) is 5.11 Å². The van der Waals surface area contributed by atoms with E-state index < -0.39 is 24.3 Å². The van der Waals surface area contributed by atoms with Crippen molar-refractivity contribution in [2.45, 2.75) is 12.7 Å². The largest absolute Gasteiger partial charge is 0.435 e. The Morgan fingerprint density at radius 2 is 2.00 bits per heavy atom. The molecule has 7 heteroatoms. The van der Waals surface area contributed by atoms with Crippen molar-refractivity contribution in [3.8, 4) is 11.8 Å². The molecular weight excluding hydrogens is 288 g/mol. The van der Waals surface area contributed by atoms with Crippen molar-refractivity contribution in [1.29, 1.82) is 0 Å². The van der Waals surface area contributed by atoms with Gasteiger partial charge in [-0.25, -0.2) is 4.39 Å². The van der Waals surface area contributed by atoms with Gasteiger partial charge in [-0.1, -0.05) is 17.9 Å². The molecule has 2 rings (SSSR count). The van der Waals surface area contributed by atoms with Crippen molar-refractivity contribution in [3.05, 3.63) is 53.1 Å². The SMILES string of the molecule is OCC#Cc1cc(Cn2ccc(C(F)(F)F)n2)ccc1F. The van der Waals surface area contributed by atoms with Gasteiger partial charge in [-0.15, -0.1) is 0 Å². The van der Waals surface area contributed by atoms with Crippen LogP contribution in [0.4, 0.5) is 17.6 Å². The number of rotatable bonds is 2. The molecule has 0 aliphatic carbocycles. The molecule has 0 aliphatic heterocycles. The van der Waals surface area contributed by atoms with Crippen molar-refractivity contribution in [2.75, 3.05) is 6.61 Å². The molecule has 2 aromatic rings. The summed E-state index contributed by atoms with van der Waals surface area (Å²) in [6, 6.07) is 4.89. The van der Waals surface area contributed by atoms with Crippen LogP contribution < -0.4 is 0 Å². The standard InChI is InChI=1S/C14H10F4N2O/c15-12-4-3-10(8-11(12)2-1-7-21)9-20-6-5-13(19-20)14(16,17)18/h3-6,8,21H,7,9H2. The van der Waals surface area contributed by atoms with Crippen LogP contribution in [0.15, 0.2) is 30.5 Å². The van der Waals surface area contributed by atoms with Gasteiger partial charge in [-0.05, 0) is 23.8 Å². The molecule has 0 saturated carbocycles. The second kappa shape index (κ2) is 5.97. The highest BCUT2D eigenvalue weighted by Gasteiger charge is 2.33. The zero-order valence-electron chi connectivity index (χ0n) is 10.7. The van der Waals surface area contributed by atoms with Crippen molar-refractivity contribution in [3.63, 3.8) is 0 Å². The third-order valence-corrected chi connectivity index (χ3v) is 2.61. The van der Waals surface area contributed by atoms with Gasteiger partial charge in [0.15, 0.2) is 5.69 Å². The number of nitrogens with zero attached hydrogens (tertiary/aromatic N) is 2. The van der Waals surface area contributed by atoms with E-state index in [0.717, 1.165) is 10.7 Å². The molecule has 0 atom stereocenters. The summed E-state index contributed by atoms with van der Waals surface area (Å²) < 4.78 is 51.8. The van der Waals surface area contributed by atoms with Crippen molar-refractivity contribution >= 4 is 0 Å². The van der Waals surface area contributed by atoms with Crippen LogP contribution in [0.5, 0.6) is 0 Å². The number of aliphatic hydroxyl groups is 1. The summed E-state index contributed by atoms with van der Waals surface area (Å²) in [7, 11) is 0. The fraction of sp³-hybridized carbons (Fsp3) is 0.214. The molecule has 0 unspecified atom stereocenters. The fourth-order valence-corrected chi connectivity index (χ4v) is 1.69. The number of aromatic nitrogens is 2. The molecule has 1 aromatic heterocycles. The van der Waals surface area contributed by atoms with Gasteiger partial charge in [0, 0.05) is 6.20 Å². The van der Waals surface area contributed by atoms with E-state index >= 15 is 0 Å². The van der Waals surface area contributed by atoms with Gasteiger partial charge in [-0.2, -0.15) is 18.3 Å². The number of aliphatic hydroxyl groups excluding tert-OH is 1. The molecule has 0 bridgehead atoms. The average Bonchev–Trinajstić information content (AvgIpc) is 2.88. The highest BCUT2D eigenvalue weighted by atomic mass is 19.4. The first-order valence-electron chi connectivity index (χ1n) is 5.89. The molecule has 0 spiro atoms. The maximum Gasteiger partial charge on any atom is 0.435 e. The van der Waals surface area contributed by atoms with Gasteiger partial charge in [0.05, 0.1) is 12.1 Å². The van der Waals surface area contributed by atoms with Gasteiger partial charge in [0.1, 0.15) is 12.4 Å². The first-order valence-corrected chi connectivity index (χ1v) is 5.89. The maximum absolute atomic E-state index is 13.4. The van der Waals surface area contributed by atoms with Crippen LogP contribution in [-0.2, 0) is 12.7 Å². The summed E-state index contributed by atoms with van der Waals surface area (Å²) in [6.45, 7) is -0.345. The van der Waals surface area contributed by atoms with Crippen molar-refractivity contribution in [2.24, 2.45) is 0 Å². The minimum atomic E-state index is -4.49. The molecule has 1 heterocycles. The summed E-state index contributed by atoms with van der Waals surface area (Å²) in [6.07, 6.45) is -3.29. The molecule has 0 aliphatic rings. The molecule has 0 saturated heterocycles. The zero-order valence-corrected chi connectivity index (χ0v) is 10.7. The normalized spacial score (nSPS) is 11.1. The second-order valence-corrected chi connectivity index (χ2v) is 4.17. The summed E-state index contributed by atoms with van der Waals surface area (Å²) in [5, 5.41) is 12.0. The van der Waals surface area contributed by atoms with E-state index in [1.54, 1.807) is 0 Å². The molecule has 0 radical (unpaired) electrons. The van der Waals surface area contributed by atoms with Gasteiger partial charge >= 0.3 is 6.18 Å². The summed E-state index contributed by atoms with van der Waals surface area (Å²) in [5.41, 5.74) is -0.356. The topological polar surface area (TPSA) is 38.0 Å². The van der Waals surface area contributed by atoms with E-state index in [2.05, 4.69) is 16.9 Å². The number of hydrogen-bond donors (Lipinski definition) is 1. The Morgan fingerprint density at radius 1 is 1.24 bits per heavy atom. The Morgan fingerprint density at radius 3 is 2.62 bits per heavy atom. The van der Waals surface area contributed by atoms with E-state index in [1.165, 1.54) is 24.4 Å². The molecule has 0 amide bonds. The van der Waals surface area contributed by atoms with Crippen LogP contribution in [0.2, 0.25) is 0 Å². The molecule has 21 heavy (non-hydrogen) atoms. The number of halogens is 4. The van der Waals surface area contributed by atoms with Crippen molar-refractivity contribution < 1.29 is 22.7 Å². The van der Waals surface area contributed by atoms with Gasteiger partial charge in [0.25, 0.3) is 0 Å². The van der Waals surface area contributed by atoms with Crippen LogP contribution in [-0.4, -0.2) is 21.5 Å². The fourth-order valence-electron chi connectivity index (χ4n) is 1.69. The van der Waals surface area contributed by atoms with Crippen molar-refractivity contribution in [1.82, 2.24) is 9.78 Å². The second-order valence-electron chi connectivity index (χ2n) is 4.17. The monoisotopic (exact) mass is 298 g/mol. The number of benzene rings is 1. The highest BCUT2D eigenvalue weighted by Crippen LogP contribution is 2.27. The predicted octanol–water partition coefficient (Wildman–Crippen LogP) is 2.43. The Balaban J connectivity index is 2.22. The number of hydrogen-bond acceptors (Lipinski definition) is 2. The van der Waals surface area contributed by atoms with Crippen LogP contribution in [0, 0.1) is 17.7 Å². The predicted molar refractivity (Wildman–Crippen MR) is 66.7 cm³/mol. The minimum Gasteiger partial charge on any atom is -0.384 e. The van der Waals surface area contributed by atoms with Crippen LogP contribution >= 0.6 is 0 Å². The first-order chi connectivity index (χ1) is 9.90. The Bertz CT molecular complexity index is 695. The number of alkyl halides is 3. The lowest BCUT2D eigenvalue weighted by molar-refractivity contribution is -0.141. The summed E-state index contributed by atoms with van der Waals surface area (Å²) >= 11 is 0. The third-order valence-electron chi connectivity index (χ3n) is 2.61. The Kier molecular flexibility index (Phi) is 4.29. The van der Waals surface area contributed by atoms with E-state index in [1.807, 2.05) is 0 Å². The molecule has 1 aromatic carbocycles. The zero-order chi connectivity index (χ0) is 15.5. The van der Waals surface area contributed by atoms with E-state index in [9.17, 15) is 17.6 Å². The molecule has 110 valence electrons. The molecule has 0 fully saturated rings. The smallest absolute Gasteiger partial charge is 0.384 e. The van der Waals surface area contributed by atoms with Crippen LogP contribution in [0.25, 0.3) is 0 Å². The minimum absolute atomic E-state index is 0.0597. The van der Waals surface area contributed by atoms with E-state index in [-0.39, 0.29) is 12.1 Å². The highest BCUT2D eigenvalue weighted by molar-refractivity contribution is 5.38. The first kappa shape index (κ1) is 15.1. The Labute approximate surface area is 117 Å². The average molecular weight is 298 g/mol. The lowest BCUT2D eigenvalue weighted by Gasteiger charge is -2.04. The third kappa shape index (κ3) is 3.83. The lowest BCUT2D eigenvalue weighted by Crippen LogP contribution is -2.08. The summed E-state index contributed by atoms with van der Waals surface area (Å²) in [5.74, 6) is 4.19. The molecular formula is C14H10F4N2O. The molecule has 1 N–H and O–H groups in total. The maximum atomic E-state index is 13.4.